The average Bonchev–Trinajstić information content (AvgIpc) is 3.42. The van der Waals surface area contributed by atoms with Gasteiger partial charge in [-0.15, -0.1) is 11.3 Å². The van der Waals surface area contributed by atoms with Crippen molar-refractivity contribution in [2.24, 2.45) is 0 Å². The number of thiazole rings is 1. The van der Waals surface area contributed by atoms with Gasteiger partial charge in [-0.05, 0) is 31.4 Å². The van der Waals surface area contributed by atoms with E-state index in [1.165, 1.54) is 18.4 Å². The first-order valence-corrected chi connectivity index (χ1v) is 12.9. The molecular formula is C24H32N6O4S. The Morgan fingerprint density at radius 2 is 1.83 bits per heavy atom. The first kappa shape index (κ1) is 24.9. The van der Waals surface area contributed by atoms with Gasteiger partial charge in [0.15, 0.2) is 0 Å². The Morgan fingerprint density at radius 3 is 2.51 bits per heavy atom. The zero-order chi connectivity index (χ0) is 24.6. The fourth-order valence-corrected chi connectivity index (χ4v) is 5.36. The summed E-state index contributed by atoms with van der Waals surface area (Å²) in [6.45, 7) is 4.74. The summed E-state index contributed by atoms with van der Waals surface area (Å²) in [6.07, 6.45) is 4.28. The molecule has 0 bridgehead atoms. The highest BCUT2D eigenvalue weighted by Crippen LogP contribution is 2.31. The minimum atomic E-state index is -0.285. The molecule has 4 heterocycles. The summed E-state index contributed by atoms with van der Waals surface area (Å²) in [5.74, 6) is 0.700. The number of likely N-dealkylation sites (tertiary alicyclic amines) is 1. The van der Waals surface area contributed by atoms with Gasteiger partial charge in [0.25, 0.3) is 5.91 Å². The van der Waals surface area contributed by atoms with Crippen LogP contribution in [0.2, 0.25) is 0 Å². The zero-order valence-electron chi connectivity index (χ0n) is 20.0. The second-order valence-corrected chi connectivity index (χ2v) is 9.60. The van der Waals surface area contributed by atoms with Crippen LogP contribution in [-0.2, 0) is 9.53 Å². The summed E-state index contributed by atoms with van der Waals surface area (Å²) in [4.78, 5) is 51.6. The molecule has 2 saturated heterocycles. The fourth-order valence-electron chi connectivity index (χ4n) is 4.39. The largest absolute Gasteiger partial charge is 0.469 e. The van der Waals surface area contributed by atoms with Crippen molar-refractivity contribution in [2.75, 3.05) is 57.8 Å². The number of rotatable bonds is 7. The summed E-state index contributed by atoms with van der Waals surface area (Å²) in [5.41, 5.74) is 0.410. The van der Waals surface area contributed by atoms with E-state index < -0.39 is 0 Å². The molecule has 0 aromatic carbocycles. The molecule has 2 fully saturated rings. The number of carbonyl (C=O) groups excluding carboxylic acids is 3. The van der Waals surface area contributed by atoms with Crippen LogP contribution in [-0.4, -0.2) is 90.6 Å². The van der Waals surface area contributed by atoms with E-state index in [0.29, 0.717) is 44.8 Å². The van der Waals surface area contributed by atoms with Crippen LogP contribution >= 0.6 is 11.3 Å². The van der Waals surface area contributed by atoms with E-state index in [4.69, 9.17) is 0 Å². The summed E-state index contributed by atoms with van der Waals surface area (Å²) in [6, 6.07) is 6.00. The van der Waals surface area contributed by atoms with Crippen molar-refractivity contribution in [3.63, 3.8) is 0 Å². The lowest BCUT2D eigenvalue weighted by molar-refractivity contribution is -0.140. The van der Waals surface area contributed by atoms with Gasteiger partial charge in [-0.3, -0.25) is 9.59 Å². The summed E-state index contributed by atoms with van der Waals surface area (Å²) < 4.78 is 4.60. The van der Waals surface area contributed by atoms with E-state index in [2.05, 4.69) is 24.9 Å². The number of piperidine rings is 1. The summed E-state index contributed by atoms with van der Waals surface area (Å²) in [5, 5.41) is 5.52. The number of ether oxygens (including phenoxy) is 1. The zero-order valence-corrected chi connectivity index (χ0v) is 20.8. The van der Waals surface area contributed by atoms with Crippen molar-refractivity contribution in [3.8, 4) is 0 Å². The number of methoxy groups -OCH3 is 1. The third kappa shape index (κ3) is 6.47. The Balaban J connectivity index is 1.20. The lowest BCUT2D eigenvalue weighted by Crippen LogP contribution is -2.54. The molecule has 11 heteroatoms. The maximum Gasteiger partial charge on any atom is 0.320 e. The Hall–Kier alpha value is -3.21. The first-order chi connectivity index (χ1) is 17.0. The van der Waals surface area contributed by atoms with Crippen molar-refractivity contribution in [1.29, 1.82) is 0 Å². The van der Waals surface area contributed by atoms with Crippen molar-refractivity contribution in [2.45, 2.75) is 31.6 Å². The number of pyridine rings is 1. The normalized spacial score (nSPS) is 16.8. The molecule has 0 unspecified atom stereocenters. The van der Waals surface area contributed by atoms with Crippen LogP contribution in [0.15, 0.2) is 29.8 Å². The molecule has 35 heavy (non-hydrogen) atoms. The number of urea groups is 1. The first-order valence-electron chi connectivity index (χ1n) is 12.1. The number of aromatic nitrogens is 2. The van der Waals surface area contributed by atoms with Crippen molar-refractivity contribution >= 4 is 35.1 Å². The lowest BCUT2D eigenvalue weighted by atomic mass is 9.98. The fraction of sp³-hybridized carbons (Fsp3) is 0.542. The second-order valence-electron chi connectivity index (χ2n) is 8.71. The molecule has 2 aliphatic heterocycles. The third-order valence-electron chi connectivity index (χ3n) is 6.46. The molecule has 4 rings (SSSR count). The van der Waals surface area contributed by atoms with E-state index in [-0.39, 0.29) is 30.2 Å². The van der Waals surface area contributed by atoms with Gasteiger partial charge < -0.3 is 24.8 Å². The van der Waals surface area contributed by atoms with Gasteiger partial charge in [0.2, 0.25) is 0 Å². The summed E-state index contributed by atoms with van der Waals surface area (Å²) in [7, 11) is 1.35. The van der Waals surface area contributed by atoms with Gasteiger partial charge in [-0.2, -0.15) is 0 Å². The highest BCUT2D eigenvalue weighted by atomic mass is 32.1. The van der Waals surface area contributed by atoms with Gasteiger partial charge in [-0.1, -0.05) is 6.07 Å². The highest BCUT2D eigenvalue weighted by molar-refractivity contribution is 7.09. The molecule has 0 atom stereocenters. The predicted molar refractivity (Wildman–Crippen MR) is 133 cm³/mol. The molecule has 0 spiro atoms. The van der Waals surface area contributed by atoms with E-state index in [1.54, 1.807) is 11.6 Å². The number of hydrogen-bond acceptors (Lipinski definition) is 8. The number of carbonyl (C=O) groups is 3. The monoisotopic (exact) mass is 500 g/mol. The van der Waals surface area contributed by atoms with Crippen LogP contribution < -0.4 is 10.2 Å². The standard InChI is InChI=1S/C24H32N6O4S/c1-34-21(31)6-4-10-26-22(32)19-17-35-23(27-19)18-7-11-29(12-8-18)24(33)30-15-13-28(14-16-30)20-5-2-3-9-25-20/h2-3,5,9,17-18H,4,6-8,10-16H2,1H3,(H,26,32). The van der Waals surface area contributed by atoms with E-state index in [9.17, 15) is 14.4 Å². The number of nitrogens with one attached hydrogen (secondary N) is 1. The number of amides is 3. The topological polar surface area (TPSA) is 108 Å². The van der Waals surface area contributed by atoms with Crippen LogP contribution in [0, 0.1) is 0 Å². The Kier molecular flexibility index (Phi) is 8.51. The predicted octanol–water partition coefficient (Wildman–Crippen LogP) is 2.34. The van der Waals surface area contributed by atoms with Crippen molar-refractivity contribution in [1.82, 2.24) is 25.1 Å². The van der Waals surface area contributed by atoms with Crippen LogP contribution in [0.4, 0.5) is 10.6 Å². The van der Waals surface area contributed by atoms with E-state index in [1.807, 2.05) is 28.0 Å². The molecule has 0 radical (unpaired) electrons. The van der Waals surface area contributed by atoms with Gasteiger partial charge in [0.1, 0.15) is 11.5 Å². The Morgan fingerprint density at radius 1 is 1.09 bits per heavy atom. The van der Waals surface area contributed by atoms with E-state index in [0.717, 1.165) is 36.8 Å². The van der Waals surface area contributed by atoms with Crippen molar-refractivity contribution in [3.05, 3.63) is 40.5 Å². The quantitative estimate of drug-likeness (QED) is 0.459. The van der Waals surface area contributed by atoms with Crippen LogP contribution in [0.25, 0.3) is 0 Å². The Bertz CT molecular complexity index is 1000. The molecule has 1 N–H and O–H groups in total. The van der Waals surface area contributed by atoms with Crippen LogP contribution in [0.1, 0.15) is 47.1 Å². The second kappa shape index (κ2) is 12.0. The van der Waals surface area contributed by atoms with Gasteiger partial charge in [-0.25, -0.2) is 14.8 Å². The van der Waals surface area contributed by atoms with E-state index >= 15 is 0 Å². The van der Waals surface area contributed by atoms with Gasteiger partial charge in [0.05, 0.1) is 12.1 Å². The maximum absolute atomic E-state index is 13.0. The minimum absolute atomic E-state index is 0.107. The number of piperazine rings is 1. The smallest absolute Gasteiger partial charge is 0.320 e. The molecule has 10 nitrogen and oxygen atoms in total. The molecule has 2 aromatic rings. The average molecular weight is 501 g/mol. The van der Waals surface area contributed by atoms with Crippen molar-refractivity contribution < 1.29 is 19.1 Å². The Labute approximate surface area is 209 Å². The molecule has 2 aromatic heterocycles. The molecule has 2 aliphatic rings. The highest BCUT2D eigenvalue weighted by Gasteiger charge is 2.30. The van der Waals surface area contributed by atoms with Gasteiger partial charge >= 0.3 is 12.0 Å². The molecule has 0 saturated carbocycles. The number of esters is 1. The van der Waals surface area contributed by atoms with Gasteiger partial charge in [0, 0.05) is 69.7 Å². The molecule has 188 valence electrons. The number of anilines is 1. The number of nitrogens with zero attached hydrogens (tertiary/aromatic N) is 5. The SMILES string of the molecule is COC(=O)CCCNC(=O)c1csc(C2CCN(C(=O)N3CCN(c4ccccn4)CC3)CC2)n1. The maximum atomic E-state index is 13.0. The van der Waals surface area contributed by atoms with Crippen LogP contribution in [0.3, 0.4) is 0 Å². The summed E-state index contributed by atoms with van der Waals surface area (Å²) >= 11 is 1.50. The third-order valence-corrected chi connectivity index (χ3v) is 7.47. The molecule has 3 amide bonds. The number of hydrogen-bond donors (Lipinski definition) is 1. The minimum Gasteiger partial charge on any atom is -0.469 e. The molecular weight excluding hydrogens is 468 g/mol. The lowest BCUT2D eigenvalue weighted by Gasteiger charge is -2.39. The van der Waals surface area contributed by atoms with Crippen LogP contribution in [0.5, 0.6) is 0 Å². The molecule has 0 aliphatic carbocycles.